The van der Waals surface area contributed by atoms with Gasteiger partial charge in [-0.05, 0) is 37.8 Å². The van der Waals surface area contributed by atoms with Gasteiger partial charge >= 0.3 is 0 Å². The second kappa shape index (κ2) is 8.08. The Balaban J connectivity index is 1.76. The Hall–Kier alpha value is -2.18. The topological polar surface area (TPSA) is 85.0 Å². The van der Waals surface area contributed by atoms with Crippen LogP contribution < -0.4 is 5.56 Å². The summed E-state index contributed by atoms with van der Waals surface area (Å²) in [7, 11) is 0. The van der Waals surface area contributed by atoms with Gasteiger partial charge in [0.15, 0.2) is 0 Å². The van der Waals surface area contributed by atoms with Gasteiger partial charge in [0.25, 0.3) is 5.56 Å². The molecule has 2 aromatic rings. The fourth-order valence-corrected chi connectivity index (χ4v) is 3.07. The van der Waals surface area contributed by atoms with Gasteiger partial charge in [-0.1, -0.05) is 18.2 Å². The first-order valence-electron chi connectivity index (χ1n) is 8.50. The van der Waals surface area contributed by atoms with E-state index < -0.39 is 0 Å². The SMILES string of the molecule is O=c1[nH]cnc2c(CN(CCCCO)CC3=CCCC=C3)c[nH]c12. The van der Waals surface area contributed by atoms with E-state index in [1.165, 1.54) is 11.9 Å². The monoisotopic (exact) mass is 328 g/mol. The Labute approximate surface area is 140 Å². The Morgan fingerprint density at radius 3 is 2.92 bits per heavy atom. The summed E-state index contributed by atoms with van der Waals surface area (Å²) in [5, 5.41) is 9.03. The van der Waals surface area contributed by atoms with Crippen molar-refractivity contribution in [3.8, 4) is 0 Å². The number of aliphatic hydroxyl groups is 1. The van der Waals surface area contributed by atoms with Gasteiger partial charge in [-0.25, -0.2) is 4.98 Å². The van der Waals surface area contributed by atoms with Crippen LogP contribution in [0.2, 0.25) is 0 Å². The van der Waals surface area contributed by atoms with Gasteiger partial charge in [0.1, 0.15) is 5.52 Å². The molecule has 3 N–H and O–H groups in total. The molecular weight excluding hydrogens is 304 g/mol. The van der Waals surface area contributed by atoms with E-state index in [1.54, 1.807) is 0 Å². The summed E-state index contributed by atoms with van der Waals surface area (Å²) in [6.45, 7) is 2.73. The average molecular weight is 328 g/mol. The quantitative estimate of drug-likeness (QED) is 0.648. The third kappa shape index (κ3) is 4.01. The highest BCUT2D eigenvalue weighted by atomic mass is 16.2. The van der Waals surface area contributed by atoms with E-state index in [-0.39, 0.29) is 12.2 Å². The number of allylic oxidation sites excluding steroid dienone is 2. The van der Waals surface area contributed by atoms with Crippen molar-refractivity contribution in [3.05, 3.63) is 52.2 Å². The lowest BCUT2D eigenvalue weighted by Gasteiger charge is -2.23. The Bertz CT molecular complexity index is 788. The highest BCUT2D eigenvalue weighted by Crippen LogP contribution is 2.17. The van der Waals surface area contributed by atoms with Crippen molar-refractivity contribution in [1.82, 2.24) is 19.9 Å². The Morgan fingerprint density at radius 1 is 1.21 bits per heavy atom. The highest BCUT2D eigenvalue weighted by molar-refractivity contribution is 5.77. The van der Waals surface area contributed by atoms with Gasteiger partial charge < -0.3 is 15.1 Å². The maximum Gasteiger partial charge on any atom is 0.275 e. The molecule has 1 aliphatic rings. The van der Waals surface area contributed by atoms with E-state index >= 15 is 0 Å². The van der Waals surface area contributed by atoms with Gasteiger partial charge in [0.2, 0.25) is 0 Å². The smallest absolute Gasteiger partial charge is 0.275 e. The van der Waals surface area contributed by atoms with Crippen LogP contribution in [0.4, 0.5) is 0 Å². The van der Waals surface area contributed by atoms with Crippen LogP contribution in [0.1, 0.15) is 31.2 Å². The molecule has 0 spiro atoms. The number of nitrogens with zero attached hydrogens (tertiary/aromatic N) is 2. The fraction of sp³-hybridized carbons (Fsp3) is 0.444. The van der Waals surface area contributed by atoms with Crippen molar-refractivity contribution >= 4 is 11.0 Å². The largest absolute Gasteiger partial charge is 0.396 e. The number of aromatic amines is 2. The van der Waals surface area contributed by atoms with Gasteiger partial charge in [-0.3, -0.25) is 9.69 Å². The van der Waals surface area contributed by atoms with Crippen molar-refractivity contribution in [2.24, 2.45) is 0 Å². The second-order valence-electron chi connectivity index (χ2n) is 6.17. The number of nitrogens with one attached hydrogen (secondary N) is 2. The molecule has 0 saturated heterocycles. The molecule has 24 heavy (non-hydrogen) atoms. The predicted molar refractivity (Wildman–Crippen MR) is 94.8 cm³/mol. The molecular formula is C18H24N4O2. The molecule has 0 amide bonds. The zero-order valence-corrected chi connectivity index (χ0v) is 13.8. The van der Waals surface area contributed by atoms with Crippen LogP contribution in [0.5, 0.6) is 0 Å². The van der Waals surface area contributed by atoms with Crippen molar-refractivity contribution in [3.63, 3.8) is 0 Å². The summed E-state index contributed by atoms with van der Waals surface area (Å²) >= 11 is 0. The van der Waals surface area contributed by atoms with Crippen molar-refractivity contribution in [2.45, 2.75) is 32.2 Å². The fourth-order valence-electron chi connectivity index (χ4n) is 3.07. The summed E-state index contributed by atoms with van der Waals surface area (Å²) < 4.78 is 0. The lowest BCUT2D eigenvalue weighted by atomic mass is 10.1. The predicted octanol–water partition coefficient (Wildman–Crippen LogP) is 2.10. The van der Waals surface area contributed by atoms with Crippen molar-refractivity contribution < 1.29 is 5.11 Å². The van der Waals surface area contributed by atoms with Crippen molar-refractivity contribution in [2.75, 3.05) is 19.7 Å². The number of unbranched alkanes of at least 4 members (excludes halogenated alkanes) is 1. The molecule has 0 unspecified atom stereocenters. The summed E-state index contributed by atoms with van der Waals surface area (Å²) in [6, 6.07) is 0. The first kappa shape index (κ1) is 16.7. The molecule has 0 bridgehead atoms. The van der Waals surface area contributed by atoms with E-state index in [2.05, 4.69) is 38.1 Å². The summed E-state index contributed by atoms with van der Waals surface area (Å²) in [4.78, 5) is 24.1. The van der Waals surface area contributed by atoms with E-state index in [9.17, 15) is 4.79 Å². The zero-order chi connectivity index (χ0) is 16.8. The van der Waals surface area contributed by atoms with Crippen LogP contribution in [-0.4, -0.2) is 44.7 Å². The third-order valence-corrected chi connectivity index (χ3v) is 4.30. The summed E-state index contributed by atoms with van der Waals surface area (Å²) in [5.41, 5.74) is 3.48. The maximum absolute atomic E-state index is 11.8. The van der Waals surface area contributed by atoms with Gasteiger partial charge in [0, 0.05) is 31.5 Å². The maximum atomic E-state index is 11.8. The number of aromatic nitrogens is 3. The molecule has 1 aliphatic carbocycles. The molecule has 6 heteroatoms. The molecule has 0 aromatic carbocycles. The third-order valence-electron chi connectivity index (χ3n) is 4.30. The summed E-state index contributed by atoms with van der Waals surface area (Å²) in [6.07, 6.45) is 14.0. The first-order chi connectivity index (χ1) is 11.8. The molecule has 6 nitrogen and oxygen atoms in total. The lowest BCUT2D eigenvalue weighted by molar-refractivity contribution is 0.248. The van der Waals surface area contributed by atoms with E-state index in [0.717, 1.165) is 56.4 Å². The van der Waals surface area contributed by atoms with E-state index in [0.29, 0.717) is 5.52 Å². The minimum Gasteiger partial charge on any atom is -0.396 e. The number of H-pyrrole nitrogens is 2. The van der Waals surface area contributed by atoms with Crippen LogP contribution in [0.15, 0.2) is 41.1 Å². The van der Waals surface area contributed by atoms with E-state index in [1.807, 2.05) is 6.20 Å². The van der Waals surface area contributed by atoms with Gasteiger partial charge in [-0.15, -0.1) is 0 Å². The standard InChI is InChI=1S/C18H24N4O2/c23-9-5-4-8-22(11-14-6-2-1-3-7-14)12-15-10-19-17-16(15)20-13-21-18(17)24/h2,6-7,10,13,19,23H,1,3-5,8-9,11-12H2,(H,20,21,24). The first-order valence-corrected chi connectivity index (χ1v) is 8.50. The molecule has 0 fully saturated rings. The molecule has 0 radical (unpaired) electrons. The number of rotatable bonds is 8. The molecule has 3 rings (SSSR count). The molecule has 0 atom stereocenters. The molecule has 0 aliphatic heterocycles. The average Bonchev–Trinajstić information content (AvgIpc) is 3.00. The minimum atomic E-state index is -0.143. The van der Waals surface area contributed by atoms with Crippen LogP contribution in [-0.2, 0) is 6.54 Å². The summed E-state index contributed by atoms with van der Waals surface area (Å²) in [5.74, 6) is 0. The van der Waals surface area contributed by atoms with Gasteiger partial charge in [-0.2, -0.15) is 0 Å². The number of hydrogen-bond donors (Lipinski definition) is 3. The normalized spacial score (nSPS) is 14.5. The van der Waals surface area contributed by atoms with Crippen LogP contribution in [0, 0.1) is 0 Å². The zero-order valence-electron chi connectivity index (χ0n) is 13.8. The Kier molecular flexibility index (Phi) is 5.61. The number of hydrogen-bond acceptors (Lipinski definition) is 4. The Morgan fingerprint density at radius 2 is 2.12 bits per heavy atom. The number of aliphatic hydroxyl groups excluding tert-OH is 1. The van der Waals surface area contributed by atoms with Crippen LogP contribution >= 0.6 is 0 Å². The van der Waals surface area contributed by atoms with E-state index in [4.69, 9.17) is 5.11 Å². The molecule has 0 saturated carbocycles. The van der Waals surface area contributed by atoms with Crippen LogP contribution in [0.3, 0.4) is 0 Å². The number of fused-ring (bicyclic) bond motifs is 1. The molecule has 2 aromatic heterocycles. The van der Waals surface area contributed by atoms with Crippen molar-refractivity contribution in [1.29, 1.82) is 0 Å². The minimum absolute atomic E-state index is 0.143. The lowest BCUT2D eigenvalue weighted by Crippen LogP contribution is -2.27. The second-order valence-corrected chi connectivity index (χ2v) is 6.17. The van der Waals surface area contributed by atoms with Crippen LogP contribution in [0.25, 0.3) is 11.0 Å². The highest BCUT2D eigenvalue weighted by Gasteiger charge is 2.13. The molecule has 2 heterocycles. The van der Waals surface area contributed by atoms with Gasteiger partial charge in [0.05, 0.1) is 11.8 Å². The molecule has 128 valence electrons.